The number of aliphatic hydroxyl groups excluding tert-OH is 6. The molecule has 31 heavy (non-hydrogen) atoms. The monoisotopic (exact) mass is 454 g/mol. The van der Waals surface area contributed by atoms with E-state index in [9.17, 15) is 30.6 Å². The van der Waals surface area contributed by atoms with E-state index in [-0.39, 0.29) is 13.0 Å². The van der Waals surface area contributed by atoms with Crippen LogP contribution in [0, 0.1) is 0 Å². The zero-order valence-electron chi connectivity index (χ0n) is 16.8. The molecular weight excluding hydrogens is 420 g/mol. The van der Waals surface area contributed by atoms with Gasteiger partial charge in [0.15, 0.2) is 12.6 Å². The van der Waals surface area contributed by atoms with E-state index in [0.29, 0.717) is 0 Å². The van der Waals surface area contributed by atoms with Crippen molar-refractivity contribution in [1.29, 1.82) is 0 Å². The predicted octanol–water partition coefficient (Wildman–Crippen LogP) is -6.65. The summed E-state index contributed by atoms with van der Waals surface area (Å²) in [6.07, 6.45) is -13.8. The lowest BCUT2D eigenvalue weighted by molar-refractivity contribution is -0.306. The number of nitrogens with two attached hydrogens (primary N) is 4. The van der Waals surface area contributed by atoms with Crippen LogP contribution in [0.15, 0.2) is 0 Å². The second-order valence-electron chi connectivity index (χ2n) is 8.30. The average Bonchev–Trinajstić information content (AvgIpc) is 3.02. The number of hydrogen-bond acceptors (Lipinski definition) is 14. The number of rotatable bonds is 6. The molecule has 12 unspecified atom stereocenters. The third kappa shape index (κ3) is 4.87. The van der Waals surface area contributed by atoms with E-state index in [2.05, 4.69) is 0 Å². The Hall–Kier alpha value is -0.560. The van der Waals surface area contributed by atoms with Gasteiger partial charge in [-0.1, -0.05) is 0 Å². The highest BCUT2D eigenvalue weighted by Crippen LogP contribution is 2.31. The summed E-state index contributed by atoms with van der Waals surface area (Å²) in [6, 6.07) is -2.72. The summed E-state index contributed by atoms with van der Waals surface area (Å²) in [5.41, 5.74) is 23.6. The molecule has 3 aliphatic rings. The zero-order chi connectivity index (χ0) is 23.0. The van der Waals surface area contributed by atoms with E-state index in [1.807, 2.05) is 0 Å². The van der Waals surface area contributed by atoms with Crippen LogP contribution in [0.3, 0.4) is 0 Å². The highest BCUT2D eigenvalue weighted by molar-refractivity contribution is 5.01. The second-order valence-corrected chi connectivity index (χ2v) is 8.30. The van der Waals surface area contributed by atoms with Crippen LogP contribution in [0.2, 0.25) is 0 Å². The standard InChI is InChI=1S/C17H34N4O10/c18-2-6-10(24)12(26)8(21)16(28-6)30-14-5(20)1-4(19)9(23)15(14)31-17-13(27)11(25)7(3-22)29-17/h4-17,22-27H,1-3,18-21H2/t4?,5?,6?,7?,8?,9?,10?,11-,12?,13-,14?,15?,16?,17?/m1/s1. The topological polar surface area (TPSA) is 262 Å². The quantitative estimate of drug-likeness (QED) is 0.179. The van der Waals surface area contributed by atoms with Gasteiger partial charge in [-0.25, -0.2) is 0 Å². The largest absolute Gasteiger partial charge is 0.394 e. The maximum atomic E-state index is 10.6. The van der Waals surface area contributed by atoms with Gasteiger partial charge in [0.05, 0.1) is 18.8 Å². The predicted molar refractivity (Wildman–Crippen MR) is 102 cm³/mol. The summed E-state index contributed by atoms with van der Waals surface area (Å²) in [5.74, 6) is 0. The molecule has 0 radical (unpaired) electrons. The summed E-state index contributed by atoms with van der Waals surface area (Å²) in [6.45, 7) is -0.673. The normalized spacial score (nSPS) is 53.6. The molecule has 0 bridgehead atoms. The van der Waals surface area contributed by atoms with Crippen LogP contribution in [-0.2, 0) is 18.9 Å². The molecule has 182 valence electrons. The highest BCUT2D eigenvalue weighted by Gasteiger charge is 2.52. The van der Waals surface area contributed by atoms with Crippen LogP contribution >= 0.6 is 0 Å². The van der Waals surface area contributed by atoms with E-state index in [1.54, 1.807) is 0 Å². The summed E-state index contributed by atoms with van der Waals surface area (Å²) in [7, 11) is 0. The van der Waals surface area contributed by atoms with Crippen LogP contribution in [-0.4, -0.2) is 129 Å². The third-order valence-electron chi connectivity index (χ3n) is 6.13. The minimum atomic E-state index is -1.51. The Labute approximate surface area is 178 Å². The van der Waals surface area contributed by atoms with Gasteiger partial charge in [0.25, 0.3) is 0 Å². The van der Waals surface area contributed by atoms with Crippen LogP contribution in [0.1, 0.15) is 6.42 Å². The second kappa shape index (κ2) is 10.1. The van der Waals surface area contributed by atoms with E-state index < -0.39 is 92.2 Å². The third-order valence-corrected chi connectivity index (χ3v) is 6.13. The molecular formula is C17H34N4O10. The van der Waals surface area contributed by atoms with Gasteiger partial charge >= 0.3 is 0 Å². The summed E-state index contributed by atoms with van der Waals surface area (Å²) >= 11 is 0. The van der Waals surface area contributed by atoms with Gasteiger partial charge in [-0.3, -0.25) is 0 Å². The van der Waals surface area contributed by atoms with Crippen LogP contribution in [0.25, 0.3) is 0 Å². The molecule has 0 spiro atoms. The summed E-state index contributed by atoms with van der Waals surface area (Å²) in [4.78, 5) is 0. The number of hydrogen-bond donors (Lipinski definition) is 10. The van der Waals surface area contributed by atoms with Crippen molar-refractivity contribution >= 4 is 0 Å². The summed E-state index contributed by atoms with van der Waals surface area (Å²) in [5, 5.41) is 60.2. The van der Waals surface area contributed by atoms with Gasteiger partial charge in [0, 0.05) is 18.6 Å². The maximum absolute atomic E-state index is 10.6. The summed E-state index contributed by atoms with van der Waals surface area (Å²) < 4.78 is 22.5. The maximum Gasteiger partial charge on any atom is 0.187 e. The van der Waals surface area contributed by atoms with Crippen molar-refractivity contribution in [2.45, 2.75) is 92.1 Å². The molecule has 0 amide bonds. The molecule has 3 rings (SSSR count). The Kier molecular flexibility index (Phi) is 8.21. The van der Waals surface area contributed by atoms with Gasteiger partial charge in [-0.05, 0) is 6.42 Å². The van der Waals surface area contributed by atoms with Crippen molar-refractivity contribution in [3.05, 3.63) is 0 Å². The molecule has 14 atom stereocenters. The Morgan fingerprint density at radius 3 is 1.87 bits per heavy atom. The molecule has 0 aromatic heterocycles. The first-order valence-corrected chi connectivity index (χ1v) is 10.2. The molecule has 14 N–H and O–H groups in total. The molecule has 1 aliphatic carbocycles. The lowest BCUT2D eigenvalue weighted by atomic mass is 9.84. The molecule has 3 fully saturated rings. The van der Waals surface area contributed by atoms with Crippen molar-refractivity contribution in [3.63, 3.8) is 0 Å². The molecule has 2 aliphatic heterocycles. The molecule has 0 aromatic carbocycles. The highest BCUT2D eigenvalue weighted by atomic mass is 16.7. The Balaban J connectivity index is 1.78. The lowest BCUT2D eigenvalue weighted by Crippen LogP contribution is -2.68. The van der Waals surface area contributed by atoms with Crippen molar-refractivity contribution in [2.24, 2.45) is 22.9 Å². The van der Waals surface area contributed by atoms with Crippen LogP contribution in [0.4, 0.5) is 0 Å². The molecule has 1 saturated carbocycles. The molecule has 14 heteroatoms. The molecule has 2 heterocycles. The van der Waals surface area contributed by atoms with Gasteiger partial charge < -0.3 is 72.5 Å². The molecule has 0 aromatic rings. The zero-order valence-corrected chi connectivity index (χ0v) is 16.8. The van der Waals surface area contributed by atoms with Crippen molar-refractivity contribution in [1.82, 2.24) is 0 Å². The number of ether oxygens (including phenoxy) is 4. The Morgan fingerprint density at radius 1 is 0.710 bits per heavy atom. The van der Waals surface area contributed by atoms with E-state index in [0.717, 1.165) is 0 Å². The van der Waals surface area contributed by atoms with Crippen molar-refractivity contribution < 1.29 is 49.6 Å². The van der Waals surface area contributed by atoms with Crippen molar-refractivity contribution in [3.8, 4) is 0 Å². The van der Waals surface area contributed by atoms with Gasteiger partial charge in [-0.2, -0.15) is 0 Å². The van der Waals surface area contributed by atoms with E-state index >= 15 is 0 Å². The Bertz CT molecular complexity index is 591. The minimum absolute atomic E-state index is 0.114. The van der Waals surface area contributed by atoms with E-state index in [1.165, 1.54) is 0 Å². The first-order chi connectivity index (χ1) is 14.6. The average molecular weight is 454 g/mol. The molecule has 14 nitrogen and oxygen atoms in total. The van der Waals surface area contributed by atoms with Gasteiger partial charge in [0.2, 0.25) is 0 Å². The van der Waals surface area contributed by atoms with Gasteiger partial charge in [0.1, 0.15) is 48.8 Å². The smallest absolute Gasteiger partial charge is 0.187 e. The van der Waals surface area contributed by atoms with Crippen LogP contribution in [0.5, 0.6) is 0 Å². The first-order valence-electron chi connectivity index (χ1n) is 10.2. The first kappa shape index (κ1) is 25.1. The Morgan fingerprint density at radius 2 is 1.29 bits per heavy atom. The fourth-order valence-corrected chi connectivity index (χ4v) is 4.16. The van der Waals surface area contributed by atoms with Gasteiger partial charge in [-0.15, -0.1) is 0 Å². The minimum Gasteiger partial charge on any atom is -0.394 e. The number of aliphatic hydroxyl groups is 6. The molecule has 2 saturated heterocycles. The SMILES string of the molecule is NCC1OC(OC2C(N)CC(N)C(O)C2OC2OC(CO)[C@@H](O)[C@H]2O)C(N)C(O)C1O. The van der Waals surface area contributed by atoms with Crippen molar-refractivity contribution in [2.75, 3.05) is 13.2 Å². The lowest BCUT2D eigenvalue weighted by Gasteiger charge is -2.47. The van der Waals surface area contributed by atoms with Crippen LogP contribution < -0.4 is 22.9 Å². The fraction of sp³-hybridized carbons (Fsp3) is 1.00. The van der Waals surface area contributed by atoms with E-state index in [4.69, 9.17) is 41.9 Å². The fourth-order valence-electron chi connectivity index (χ4n) is 4.16.